The fraction of sp³-hybridized carbons (Fsp3) is 0.375. The molecule has 5 heteroatoms. The highest BCUT2D eigenvalue weighted by Crippen LogP contribution is 2.14. The van der Waals surface area contributed by atoms with Gasteiger partial charge in [-0.15, -0.1) is 0 Å². The molecule has 1 N–H and O–H groups in total. The highest BCUT2D eigenvalue weighted by Gasteiger charge is 2.09. The van der Waals surface area contributed by atoms with Crippen molar-refractivity contribution >= 4 is 15.9 Å². The van der Waals surface area contributed by atoms with Gasteiger partial charge in [0, 0.05) is 22.8 Å². The van der Waals surface area contributed by atoms with Gasteiger partial charge < -0.3 is 10.1 Å². The first-order chi connectivity index (χ1) is 9.92. The quantitative estimate of drug-likeness (QED) is 0.893. The van der Waals surface area contributed by atoms with E-state index in [1.165, 1.54) is 0 Å². The summed E-state index contributed by atoms with van der Waals surface area (Å²) in [6, 6.07) is 8.02. The van der Waals surface area contributed by atoms with Crippen LogP contribution in [0.3, 0.4) is 0 Å². The topological polar surface area (TPSA) is 47.0 Å². The number of rotatable bonds is 5. The largest absolute Gasteiger partial charge is 0.472 e. The fourth-order valence-electron chi connectivity index (χ4n) is 1.68. The molecule has 0 aliphatic rings. The molecule has 1 aromatic heterocycles. The van der Waals surface area contributed by atoms with E-state index in [1.54, 1.807) is 12.4 Å². The average molecular weight is 350 g/mol. The van der Waals surface area contributed by atoms with Crippen LogP contribution in [-0.4, -0.2) is 15.5 Å². The zero-order chi connectivity index (χ0) is 15.3. The van der Waals surface area contributed by atoms with Crippen molar-refractivity contribution in [3.05, 3.63) is 52.4 Å². The van der Waals surface area contributed by atoms with Crippen LogP contribution in [-0.2, 0) is 13.2 Å². The number of hydrogen-bond donors (Lipinski definition) is 1. The molecule has 0 saturated carbocycles. The lowest BCUT2D eigenvalue weighted by Crippen LogP contribution is -2.35. The molecule has 21 heavy (non-hydrogen) atoms. The Morgan fingerprint density at radius 2 is 2.05 bits per heavy atom. The maximum absolute atomic E-state index is 5.70. The third-order valence-corrected chi connectivity index (χ3v) is 3.23. The minimum Gasteiger partial charge on any atom is -0.472 e. The summed E-state index contributed by atoms with van der Waals surface area (Å²) in [5.74, 6) is 0.545. The van der Waals surface area contributed by atoms with Gasteiger partial charge in [-0.05, 0) is 38.5 Å². The van der Waals surface area contributed by atoms with Crippen molar-refractivity contribution in [2.75, 3.05) is 0 Å². The van der Waals surface area contributed by atoms with Crippen LogP contribution in [0.4, 0.5) is 0 Å². The second-order valence-electron chi connectivity index (χ2n) is 5.87. The smallest absolute Gasteiger partial charge is 0.232 e. The standard InChI is InChI=1S/C16H20BrN3O/c1-16(2,3)19-9-14-8-18-10-15(20-14)21-11-12-5-4-6-13(17)7-12/h4-8,10,19H,9,11H2,1-3H3. The lowest BCUT2D eigenvalue weighted by molar-refractivity contribution is 0.290. The number of halogens is 1. The van der Waals surface area contributed by atoms with Crippen molar-refractivity contribution in [1.82, 2.24) is 15.3 Å². The molecule has 0 saturated heterocycles. The molecule has 0 spiro atoms. The van der Waals surface area contributed by atoms with Crippen molar-refractivity contribution in [1.29, 1.82) is 0 Å². The first-order valence-corrected chi connectivity index (χ1v) is 7.65. The van der Waals surface area contributed by atoms with E-state index in [9.17, 15) is 0 Å². The van der Waals surface area contributed by atoms with Crippen molar-refractivity contribution < 1.29 is 4.74 Å². The predicted octanol–water partition coefficient (Wildman–Crippen LogP) is 3.71. The summed E-state index contributed by atoms with van der Waals surface area (Å²) in [6.07, 6.45) is 3.39. The van der Waals surface area contributed by atoms with Crippen LogP contribution in [0.5, 0.6) is 5.88 Å². The summed E-state index contributed by atoms with van der Waals surface area (Å²) in [7, 11) is 0. The third kappa shape index (κ3) is 5.81. The monoisotopic (exact) mass is 349 g/mol. The molecule has 0 bridgehead atoms. The molecule has 0 radical (unpaired) electrons. The molecular formula is C16H20BrN3O. The summed E-state index contributed by atoms with van der Waals surface area (Å²) in [5, 5.41) is 3.38. The number of nitrogens with zero attached hydrogens (tertiary/aromatic N) is 2. The van der Waals surface area contributed by atoms with E-state index in [4.69, 9.17) is 4.74 Å². The maximum atomic E-state index is 5.70. The van der Waals surface area contributed by atoms with Crippen LogP contribution in [0.25, 0.3) is 0 Å². The van der Waals surface area contributed by atoms with Crippen molar-refractivity contribution in [3.63, 3.8) is 0 Å². The summed E-state index contributed by atoms with van der Waals surface area (Å²) in [5.41, 5.74) is 2.01. The molecule has 0 fully saturated rings. The Labute approximate surface area is 134 Å². The highest BCUT2D eigenvalue weighted by molar-refractivity contribution is 9.10. The predicted molar refractivity (Wildman–Crippen MR) is 87.1 cm³/mol. The van der Waals surface area contributed by atoms with Crippen molar-refractivity contribution in [3.8, 4) is 5.88 Å². The molecule has 0 atom stereocenters. The van der Waals surface area contributed by atoms with E-state index < -0.39 is 0 Å². The number of aromatic nitrogens is 2. The van der Waals surface area contributed by atoms with E-state index in [2.05, 4.69) is 52.0 Å². The third-order valence-electron chi connectivity index (χ3n) is 2.74. The van der Waals surface area contributed by atoms with E-state index in [-0.39, 0.29) is 5.54 Å². The van der Waals surface area contributed by atoms with Crippen LogP contribution in [0.1, 0.15) is 32.0 Å². The van der Waals surface area contributed by atoms with Crippen LogP contribution in [0.2, 0.25) is 0 Å². The summed E-state index contributed by atoms with van der Waals surface area (Å²) in [6.45, 7) is 7.50. The van der Waals surface area contributed by atoms with E-state index >= 15 is 0 Å². The minimum absolute atomic E-state index is 0.0505. The lowest BCUT2D eigenvalue weighted by Gasteiger charge is -2.20. The van der Waals surface area contributed by atoms with Gasteiger partial charge in [-0.1, -0.05) is 28.1 Å². The Hall–Kier alpha value is -1.46. The molecule has 2 aromatic rings. The summed E-state index contributed by atoms with van der Waals surface area (Å²) in [4.78, 5) is 8.63. The summed E-state index contributed by atoms with van der Waals surface area (Å²) >= 11 is 3.45. The molecule has 0 unspecified atom stereocenters. The van der Waals surface area contributed by atoms with Crippen LogP contribution >= 0.6 is 15.9 Å². The number of benzene rings is 1. The molecule has 0 aliphatic heterocycles. The highest BCUT2D eigenvalue weighted by atomic mass is 79.9. The van der Waals surface area contributed by atoms with Crippen molar-refractivity contribution in [2.24, 2.45) is 0 Å². The second kappa shape index (κ2) is 7.00. The van der Waals surface area contributed by atoms with Gasteiger partial charge in [0.1, 0.15) is 6.61 Å². The normalized spacial score (nSPS) is 11.4. The first-order valence-electron chi connectivity index (χ1n) is 6.85. The summed E-state index contributed by atoms with van der Waals surface area (Å²) < 4.78 is 6.74. The zero-order valence-electron chi connectivity index (χ0n) is 12.6. The van der Waals surface area contributed by atoms with E-state index in [0.29, 0.717) is 19.0 Å². The zero-order valence-corrected chi connectivity index (χ0v) is 14.1. The van der Waals surface area contributed by atoms with Gasteiger partial charge in [-0.25, -0.2) is 4.98 Å². The molecule has 1 aromatic carbocycles. The minimum atomic E-state index is 0.0505. The second-order valence-corrected chi connectivity index (χ2v) is 6.79. The van der Waals surface area contributed by atoms with E-state index in [0.717, 1.165) is 15.7 Å². The molecule has 4 nitrogen and oxygen atoms in total. The van der Waals surface area contributed by atoms with Crippen molar-refractivity contribution in [2.45, 2.75) is 39.5 Å². The Bertz CT molecular complexity index is 596. The number of hydrogen-bond acceptors (Lipinski definition) is 4. The Balaban J connectivity index is 1.95. The fourth-order valence-corrected chi connectivity index (χ4v) is 2.13. The van der Waals surface area contributed by atoms with Gasteiger partial charge in [0.05, 0.1) is 11.9 Å². The SMILES string of the molecule is CC(C)(C)NCc1cncc(OCc2cccc(Br)c2)n1. The van der Waals surface area contributed by atoms with E-state index in [1.807, 2.05) is 24.3 Å². The average Bonchev–Trinajstić information content (AvgIpc) is 2.43. The molecule has 2 rings (SSSR count). The maximum Gasteiger partial charge on any atom is 0.232 e. The van der Waals surface area contributed by atoms with Crippen LogP contribution in [0.15, 0.2) is 41.1 Å². The van der Waals surface area contributed by atoms with Gasteiger partial charge in [-0.2, -0.15) is 0 Å². The molecule has 0 aliphatic carbocycles. The van der Waals surface area contributed by atoms with Gasteiger partial charge in [0.2, 0.25) is 5.88 Å². The van der Waals surface area contributed by atoms with Gasteiger partial charge in [-0.3, -0.25) is 4.98 Å². The number of nitrogens with one attached hydrogen (secondary N) is 1. The van der Waals surface area contributed by atoms with Gasteiger partial charge in [0.25, 0.3) is 0 Å². The van der Waals surface area contributed by atoms with Crippen LogP contribution < -0.4 is 10.1 Å². The van der Waals surface area contributed by atoms with Gasteiger partial charge >= 0.3 is 0 Å². The molecular weight excluding hydrogens is 330 g/mol. The first kappa shape index (κ1) is 15.9. The number of ether oxygens (including phenoxy) is 1. The molecule has 0 amide bonds. The Kier molecular flexibility index (Phi) is 5.31. The van der Waals surface area contributed by atoms with Crippen LogP contribution in [0, 0.1) is 0 Å². The Morgan fingerprint density at radius 3 is 2.76 bits per heavy atom. The molecule has 112 valence electrons. The Morgan fingerprint density at radius 1 is 1.24 bits per heavy atom. The molecule has 1 heterocycles. The van der Waals surface area contributed by atoms with Gasteiger partial charge in [0.15, 0.2) is 0 Å². The lowest BCUT2D eigenvalue weighted by atomic mass is 10.1.